The van der Waals surface area contributed by atoms with Gasteiger partial charge in [0.25, 0.3) is 0 Å². The number of hydrogen-bond donors (Lipinski definition) is 1. The minimum absolute atomic E-state index is 0.0267. The van der Waals surface area contributed by atoms with Gasteiger partial charge in [-0.15, -0.1) is 0 Å². The minimum Gasteiger partial charge on any atom is -0.355 e. The zero-order valence-corrected chi connectivity index (χ0v) is 17.4. The summed E-state index contributed by atoms with van der Waals surface area (Å²) in [4.78, 5) is 23.5. The van der Waals surface area contributed by atoms with Gasteiger partial charge in [-0.3, -0.25) is 4.79 Å². The molecular weight excluding hydrogens is 395 g/mol. The molecule has 1 aliphatic rings. The number of carbonyl (C=O) groups excluding carboxylic acids is 1. The molecule has 1 N–H and O–H groups in total. The van der Waals surface area contributed by atoms with Gasteiger partial charge in [0.15, 0.2) is 9.84 Å². The van der Waals surface area contributed by atoms with Crippen LogP contribution in [0.15, 0.2) is 35.2 Å². The summed E-state index contributed by atoms with van der Waals surface area (Å²) in [5, 5.41) is 2.72. The van der Waals surface area contributed by atoms with Crippen molar-refractivity contribution in [3.8, 4) is 0 Å². The Balaban J connectivity index is 1.48. The Morgan fingerprint density at radius 3 is 2.31 bits per heavy atom. The topological polar surface area (TPSA) is 92.3 Å². The minimum atomic E-state index is -3.56. The Bertz CT molecular complexity index is 951. The molecule has 2 aromatic rings. The first-order valence-electron chi connectivity index (χ1n) is 9.58. The van der Waals surface area contributed by atoms with Crippen LogP contribution in [-0.2, 0) is 14.6 Å². The van der Waals surface area contributed by atoms with Crippen molar-refractivity contribution in [2.75, 3.05) is 30.3 Å². The van der Waals surface area contributed by atoms with E-state index in [1.165, 1.54) is 12.1 Å². The number of benzene rings is 1. The van der Waals surface area contributed by atoms with E-state index in [2.05, 4.69) is 20.2 Å². The van der Waals surface area contributed by atoms with E-state index < -0.39 is 15.7 Å². The molecule has 1 aromatic heterocycles. The van der Waals surface area contributed by atoms with Gasteiger partial charge >= 0.3 is 0 Å². The van der Waals surface area contributed by atoms with Crippen molar-refractivity contribution in [2.24, 2.45) is 5.92 Å². The van der Waals surface area contributed by atoms with Gasteiger partial charge in [0.05, 0.1) is 10.6 Å². The molecule has 1 amide bonds. The predicted octanol–water partition coefficient (Wildman–Crippen LogP) is 2.04. The number of sulfone groups is 1. The molecule has 1 aromatic carbocycles. The summed E-state index contributed by atoms with van der Waals surface area (Å²) in [6.45, 7) is 5.24. The molecule has 29 heavy (non-hydrogen) atoms. The van der Waals surface area contributed by atoms with E-state index in [0.717, 1.165) is 23.5 Å². The van der Waals surface area contributed by atoms with Crippen molar-refractivity contribution in [3.05, 3.63) is 47.5 Å². The second-order valence-corrected chi connectivity index (χ2v) is 9.38. The lowest BCUT2D eigenvalue weighted by Gasteiger charge is -2.31. The third-order valence-corrected chi connectivity index (χ3v) is 6.69. The molecule has 9 heteroatoms. The van der Waals surface area contributed by atoms with E-state index in [9.17, 15) is 17.6 Å². The predicted molar refractivity (Wildman–Crippen MR) is 108 cm³/mol. The molecule has 0 spiro atoms. The Morgan fingerprint density at radius 2 is 1.72 bits per heavy atom. The highest BCUT2D eigenvalue weighted by molar-refractivity contribution is 7.91. The lowest BCUT2D eigenvalue weighted by Crippen LogP contribution is -2.42. The molecule has 0 atom stereocenters. The fraction of sp³-hybridized carbons (Fsp3) is 0.450. The Hall–Kier alpha value is -2.55. The molecule has 1 saturated heterocycles. The Kier molecular flexibility index (Phi) is 6.46. The SMILES string of the molecule is Cc1cc(C)nc(N2CCC(C(=O)NCCS(=O)(=O)c3ccc(F)cc3)CC2)n1. The third-order valence-electron chi connectivity index (χ3n) is 4.96. The molecule has 0 radical (unpaired) electrons. The van der Waals surface area contributed by atoms with Gasteiger partial charge in [-0.05, 0) is 57.0 Å². The molecular formula is C20H25FN4O3S. The standard InChI is InChI=1S/C20H25FN4O3S/c1-14-13-15(2)24-20(23-14)25-10-7-16(8-11-25)19(26)22-9-12-29(27,28)18-5-3-17(21)4-6-18/h3-6,13,16H,7-12H2,1-2H3,(H,22,26). The van der Waals surface area contributed by atoms with Crippen LogP contribution in [0.2, 0.25) is 0 Å². The number of carbonyl (C=O) groups is 1. The lowest BCUT2D eigenvalue weighted by molar-refractivity contribution is -0.125. The van der Waals surface area contributed by atoms with E-state index in [0.29, 0.717) is 31.9 Å². The second kappa shape index (κ2) is 8.86. The van der Waals surface area contributed by atoms with E-state index in [1.807, 2.05) is 19.9 Å². The van der Waals surface area contributed by atoms with Gasteiger partial charge in [-0.2, -0.15) is 0 Å². The molecule has 3 rings (SSSR count). The highest BCUT2D eigenvalue weighted by Crippen LogP contribution is 2.21. The van der Waals surface area contributed by atoms with Crippen LogP contribution in [0.4, 0.5) is 10.3 Å². The summed E-state index contributed by atoms with van der Waals surface area (Å²) < 4.78 is 37.5. The highest BCUT2D eigenvalue weighted by atomic mass is 32.2. The smallest absolute Gasteiger partial charge is 0.225 e. The van der Waals surface area contributed by atoms with E-state index in [4.69, 9.17) is 0 Å². The maximum Gasteiger partial charge on any atom is 0.225 e. The van der Waals surface area contributed by atoms with Gasteiger partial charge in [-0.1, -0.05) is 0 Å². The fourth-order valence-corrected chi connectivity index (χ4v) is 4.56. The second-order valence-electron chi connectivity index (χ2n) is 7.28. The van der Waals surface area contributed by atoms with Gasteiger partial charge < -0.3 is 10.2 Å². The summed E-state index contributed by atoms with van der Waals surface area (Å²) in [5.74, 6) is -0.327. The molecule has 0 bridgehead atoms. The van der Waals surface area contributed by atoms with Crippen LogP contribution in [0.5, 0.6) is 0 Å². The average molecular weight is 421 g/mol. The number of piperidine rings is 1. The van der Waals surface area contributed by atoms with Crippen LogP contribution >= 0.6 is 0 Å². The number of aryl methyl sites for hydroxylation is 2. The van der Waals surface area contributed by atoms with Gasteiger partial charge in [0.2, 0.25) is 11.9 Å². The van der Waals surface area contributed by atoms with Crippen LogP contribution in [-0.4, -0.2) is 49.7 Å². The number of rotatable bonds is 6. The molecule has 0 aliphatic carbocycles. The molecule has 7 nitrogen and oxygen atoms in total. The zero-order valence-electron chi connectivity index (χ0n) is 16.6. The van der Waals surface area contributed by atoms with Crippen molar-refractivity contribution in [3.63, 3.8) is 0 Å². The summed E-state index contributed by atoms with van der Waals surface area (Å²) in [5.41, 5.74) is 1.82. The number of nitrogens with one attached hydrogen (secondary N) is 1. The zero-order chi connectivity index (χ0) is 21.0. The molecule has 0 unspecified atom stereocenters. The van der Waals surface area contributed by atoms with Gasteiger partial charge in [0, 0.05) is 36.9 Å². The monoisotopic (exact) mass is 420 g/mol. The molecule has 0 saturated carbocycles. The molecule has 2 heterocycles. The van der Waals surface area contributed by atoms with Crippen molar-refractivity contribution < 1.29 is 17.6 Å². The number of nitrogens with zero attached hydrogens (tertiary/aromatic N) is 3. The van der Waals surface area contributed by atoms with Crippen LogP contribution < -0.4 is 10.2 Å². The maximum absolute atomic E-state index is 13.0. The van der Waals surface area contributed by atoms with E-state index >= 15 is 0 Å². The fourth-order valence-electron chi connectivity index (χ4n) is 3.40. The quantitative estimate of drug-likeness (QED) is 0.719. The number of halogens is 1. The van der Waals surface area contributed by atoms with Gasteiger partial charge in [0.1, 0.15) is 5.82 Å². The van der Waals surface area contributed by atoms with Crippen LogP contribution in [0, 0.1) is 25.6 Å². The Labute approximate surface area is 170 Å². The summed E-state index contributed by atoms with van der Waals surface area (Å²) in [7, 11) is -3.56. The average Bonchev–Trinajstić information content (AvgIpc) is 2.67. The lowest BCUT2D eigenvalue weighted by atomic mass is 9.96. The first-order valence-corrected chi connectivity index (χ1v) is 11.2. The largest absolute Gasteiger partial charge is 0.355 e. The number of anilines is 1. The Morgan fingerprint density at radius 1 is 1.14 bits per heavy atom. The number of aromatic nitrogens is 2. The van der Waals surface area contributed by atoms with Crippen molar-refractivity contribution in [1.29, 1.82) is 0 Å². The number of hydrogen-bond acceptors (Lipinski definition) is 6. The van der Waals surface area contributed by atoms with Crippen molar-refractivity contribution >= 4 is 21.7 Å². The molecule has 156 valence electrons. The molecule has 1 fully saturated rings. The highest BCUT2D eigenvalue weighted by Gasteiger charge is 2.26. The third kappa shape index (κ3) is 5.50. The maximum atomic E-state index is 13.0. The van der Waals surface area contributed by atoms with E-state index in [-0.39, 0.29) is 29.0 Å². The normalized spacial score (nSPS) is 15.3. The first kappa shape index (κ1) is 21.2. The van der Waals surface area contributed by atoms with Crippen LogP contribution in [0.1, 0.15) is 24.2 Å². The summed E-state index contributed by atoms with van der Waals surface area (Å²) in [6.07, 6.45) is 1.32. The number of amides is 1. The van der Waals surface area contributed by atoms with E-state index in [1.54, 1.807) is 0 Å². The van der Waals surface area contributed by atoms with Crippen molar-refractivity contribution in [1.82, 2.24) is 15.3 Å². The first-order chi connectivity index (χ1) is 13.7. The van der Waals surface area contributed by atoms with Crippen molar-refractivity contribution in [2.45, 2.75) is 31.6 Å². The molecule has 1 aliphatic heterocycles. The summed E-state index contributed by atoms with van der Waals surface area (Å²) in [6, 6.07) is 6.61. The summed E-state index contributed by atoms with van der Waals surface area (Å²) >= 11 is 0. The van der Waals surface area contributed by atoms with Crippen LogP contribution in [0.3, 0.4) is 0 Å². The van der Waals surface area contributed by atoms with Crippen LogP contribution in [0.25, 0.3) is 0 Å². The van der Waals surface area contributed by atoms with Gasteiger partial charge in [-0.25, -0.2) is 22.8 Å².